The van der Waals surface area contributed by atoms with Crippen LogP contribution in [0.3, 0.4) is 0 Å². The van der Waals surface area contributed by atoms with Crippen LogP contribution < -0.4 is 20.2 Å². The lowest BCUT2D eigenvalue weighted by atomic mass is 10.0. The van der Waals surface area contributed by atoms with Crippen LogP contribution in [0.5, 0.6) is 11.5 Å². The molecule has 0 spiro atoms. The summed E-state index contributed by atoms with van der Waals surface area (Å²) in [5, 5.41) is 34.8. The van der Waals surface area contributed by atoms with E-state index in [1.807, 2.05) is 24.4 Å². The summed E-state index contributed by atoms with van der Waals surface area (Å²) < 4.78 is 13.7. The van der Waals surface area contributed by atoms with Crippen molar-refractivity contribution in [3.63, 3.8) is 0 Å². The van der Waals surface area contributed by atoms with E-state index in [0.29, 0.717) is 49.7 Å². The van der Waals surface area contributed by atoms with Crippen molar-refractivity contribution in [2.75, 3.05) is 40.9 Å². The summed E-state index contributed by atoms with van der Waals surface area (Å²) in [6.45, 7) is 6.06. The maximum absolute atomic E-state index is 13.0. The second kappa shape index (κ2) is 36.2. The molecule has 1 aromatic carbocycles. The molecule has 59 heavy (non-hydrogen) atoms. The largest absolute Gasteiger partial charge is 0.496 e. The monoisotopic (exact) mass is 830 g/mol. The first-order valence-corrected chi connectivity index (χ1v) is 20.9. The maximum Gasteiger partial charge on any atom is 0.328 e. The Kier molecular flexibility index (Phi) is 33.1. The fourth-order valence-corrected chi connectivity index (χ4v) is 5.87. The van der Waals surface area contributed by atoms with E-state index in [0.717, 1.165) is 49.4 Å². The SMILES string of the molecule is CCCCCCCCCCCCCCCCCCOc1cn(Cc2ccccc2OC)c(CNCCCN(C)C)cc1=O.O=C(O)/C=C/C(=O)O.O=C(O)/C=C/C(=O)O. The lowest BCUT2D eigenvalue weighted by Crippen LogP contribution is -2.24. The standard InChI is InChI=1S/C37H63N3O3.2C4H4O4/c1-5-6-7-8-9-10-11-12-13-14-15-16-17-18-19-22-28-43-37-32-40(31-33-24-20-21-25-36(33)42-4)34(29-35(37)41)30-38-26-23-27-39(2)3;2*5-3(6)1-2-4(7)8/h20-21,24-25,29,32,38H,5-19,22-23,26-28,30-31H2,1-4H3;2*1-2H,(H,5,6)(H,7,8)/b;2*2-1+. The second-order valence-electron chi connectivity index (χ2n) is 14.4. The number of pyridine rings is 1. The minimum Gasteiger partial charge on any atom is -0.496 e. The normalized spacial score (nSPS) is 10.9. The van der Waals surface area contributed by atoms with Gasteiger partial charge in [0, 0.05) is 48.2 Å². The zero-order valence-corrected chi connectivity index (χ0v) is 35.9. The molecule has 0 aliphatic rings. The second-order valence-corrected chi connectivity index (χ2v) is 14.4. The molecule has 1 heterocycles. The van der Waals surface area contributed by atoms with Crippen molar-refractivity contribution in [2.24, 2.45) is 0 Å². The average molecular weight is 830 g/mol. The van der Waals surface area contributed by atoms with Crippen LogP contribution in [0, 0.1) is 0 Å². The Morgan fingerprint density at radius 2 is 1.14 bits per heavy atom. The number of para-hydroxylation sites is 1. The molecule has 5 N–H and O–H groups in total. The molecule has 0 amide bonds. The van der Waals surface area contributed by atoms with Gasteiger partial charge in [0.1, 0.15) is 5.75 Å². The Hall–Kier alpha value is -4.95. The van der Waals surface area contributed by atoms with Crippen molar-refractivity contribution in [1.82, 2.24) is 14.8 Å². The molecule has 0 unspecified atom stereocenters. The van der Waals surface area contributed by atoms with Crippen LogP contribution in [0.15, 0.2) is 65.6 Å². The Labute approximate surface area is 350 Å². The summed E-state index contributed by atoms with van der Waals surface area (Å²) in [7, 11) is 5.87. The van der Waals surface area contributed by atoms with Crippen LogP contribution >= 0.6 is 0 Å². The Bertz CT molecular complexity index is 1500. The number of hydrogen-bond acceptors (Lipinski definition) is 9. The first kappa shape index (κ1) is 54.0. The van der Waals surface area contributed by atoms with Crippen molar-refractivity contribution in [3.05, 3.63) is 82.3 Å². The van der Waals surface area contributed by atoms with E-state index in [1.54, 1.807) is 13.2 Å². The molecule has 14 nitrogen and oxygen atoms in total. The summed E-state index contributed by atoms with van der Waals surface area (Å²) in [5.74, 6) is -3.74. The summed E-state index contributed by atoms with van der Waals surface area (Å²) in [5.41, 5.74) is 1.99. The fourth-order valence-electron chi connectivity index (χ4n) is 5.87. The molecular weight excluding hydrogens is 759 g/mol. The van der Waals surface area contributed by atoms with Gasteiger partial charge in [0.05, 0.1) is 26.5 Å². The van der Waals surface area contributed by atoms with Gasteiger partial charge in [-0.25, -0.2) is 19.2 Å². The molecule has 2 rings (SSSR count). The lowest BCUT2D eigenvalue weighted by Gasteiger charge is -2.18. The number of carboxylic acid groups (broad SMARTS) is 4. The zero-order valence-electron chi connectivity index (χ0n) is 35.9. The third kappa shape index (κ3) is 32.7. The van der Waals surface area contributed by atoms with Crippen LogP contribution in [0.25, 0.3) is 0 Å². The number of rotatable bonds is 31. The molecule has 0 bridgehead atoms. The third-order valence-corrected chi connectivity index (χ3v) is 8.97. The number of nitrogens with zero attached hydrogens (tertiary/aromatic N) is 2. The highest BCUT2D eigenvalue weighted by Gasteiger charge is 2.11. The number of aliphatic carboxylic acids is 4. The van der Waals surface area contributed by atoms with Crippen LogP contribution in [0.2, 0.25) is 0 Å². The van der Waals surface area contributed by atoms with E-state index in [-0.39, 0.29) is 5.43 Å². The van der Waals surface area contributed by atoms with E-state index in [2.05, 4.69) is 41.9 Å². The van der Waals surface area contributed by atoms with E-state index in [1.165, 1.54) is 89.9 Å². The van der Waals surface area contributed by atoms with Crippen LogP contribution in [0.1, 0.15) is 127 Å². The van der Waals surface area contributed by atoms with Crippen molar-refractivity contribution >= 4 is 23.9 Å². The van der Waals surface area contributed by atoms with Gasteiger partial charge < -0.3 is 44.7 Å². The van der Waals surface area contributed by atoms with Gasteiger partial charge in [-0.15, -0.1) is 0 Å². The first-order valence-electron chi connectivity index (χ1n) is 20.9. The molecular formula is C45H71N3O11. The van der Waals surface area contributed by atoms with E-state index >= 15 is 0 Å². The quantitative estimate of drug-likeness (QED) is 0.0361. The van der Waals surface area contributed by atoms with Gasteiger partial charge in [-0.2, -0.15) is 0 Å². The number of carbonyl (C=O) groups is 4. The zero-order chi connectivity index (χ0) is 44.1. The number of methoxy groups -OCH3 is 1. The van der Waals surface area contributed by atoms with Gasteiger partial charge in [-0.1, -0.05) is 121 Å². The minimum atomic E-state index is -1.26. The fraction of sp³-hybridized carbons (Fsp3) is 0.578. The third-order valence-electron chi connectivity index (χ3n) is 8.97. The Morgan fingerprint density at radius 1 is 0.678 bits per heavy atom. The van der Waals surface area contributed by atoms with Crippen molar-refractivity contribution in [3.8, 4) is 11.5 Å². The van der Waals surface area contributed by atoms with Crippen molar-refractivity contribution in [1.29, 1.82) is 0 Å². The highest BCUT2D eigenvalue weighted by molar-refractivity contribution is 5.90. The van der Waals surface area contributed by atoms with E-state index < -0.39 is 23.9 Å². The van der Waals surface area contributed by atoms with Gasteiger partial charge in [-0.05, 0) is 46.1 Å². The number of unbranched alkanes of at least 4 members (excludes halogenated alkanes) is 15. The summed E-state index contributed by atoms with van der Waals surface area (Å²) >= 11 is 0. The van der Waals surface area contributed by atoms with Gasteiger partial charge in [0.25, 0.3) is 0 Å². The molecule has 0 saturated carbocycles. The minimum absolute atomic E-state index is 0.0436. The molecule has 0 fully saturated rings. The highest BCUT2D eigenvalue weighted by atomic mass is 16.5. The molecule has 0 aliphatic carbocycles. The van der Waals surface area contributed by atoms with Gasteiger partial charge in [0.15, 0.2) is 5.75 Å². The van der Waals surface area contributed by atoms with Gasteiger partial charge in [0.2, 0.25) is 5.43 Å². The highest BCUT2D eigenvalue weighted by Crippen LogP contribution is 2.20. The number of carboxylic acids is 4. The molecule has 0 atom stereocenters. The summed E-state index contributed by atoms with van der Waals surface area (Å²) in [4.78, 5) is 53.4. The average Bonchev–Trinajstić information content (AvgIpc) is 3.19. The van der Waals surface area contributed by atoms with Crippen molar-refractivity contribution < 1.29 is 49.1 Å². The van der Waals surface area contributed by atoms with E-state index in [4.69, 9.17) is 29.9 Å². The molecule has 332 valence electrons. The maximum atomic E-state index is 13.0. The molecule has 0 radical (unpaired) electrons. The lowest BCUT2D eigenvalue weighted by molar-refractivity contribution is -0.134. The first-order chi connectivity index (χ1) is 28.3. The number of hydrogen-bond donors (Lipinski definition) is 5. The van der Waals surface area contributed by atoms with E-state index in [9.17, 15) is 24.0 Å². The number of nitrogens with one attached hydrogen (secondary N) is 1. The molecule has 0 aliphatic heterocycles. The number of benzene rings is 1. The number of ether oxygens (including phenoxy) is 2. The number of aromatic nitrogens is 1. The van der Waals surface area contributed by atoms with Crippen LogP contribution in [-0.4, -0.2) is 94.7 Å². The molecule has 1 aromatic heterocycles. The molecule has 2 aromatic rings. The summed E-state index contributed by atoms with van der Waals surface area (Å²) in [6, 6.07) is 9.78. The van der Waals surface area contributed by atoms with Crippen molar-refractivity contribution in [2.45, 2.75) is 129 Å². The van der Waals surface area contributed by atoms with Crippen LogP contribution in [-0.2, 0) is 32.3 Å². The molecule has 0 saturated heterocycles. The van der Waals surface area contributed by atoms with Crippen LogP contribution in [0.4, 0.5) is 0 Å². The Balaban J connectivity index is 0.00000175. The summed E-state index contributed by atoms with van der Waals surface area (Å²) in [6.07, 6.45) is 26.7. The predicted octanol–water partition coefficient (Wildman–Crippen LogP) is 8.01. The smallest absolute Gasteiger partial charge is 0.328 e. The molecule has 14 heteroatoms. The Morgan fingerprint density at radius 3 is 1.58 bits per heavy atom. The van der Waals surface area contributed by atoms with Gasteiger partial charge in [-0.3, -0.25) is 4.79 Å². The topological polar surface area (TPSA) is 205 Å². The van der Waals surface area contributed by atoms with Gasteiger partial charge >= 0.3 is 23.9 Å². The predicted molar refractivity (Wildman–Crippen MR) is 232 cm³/mol.